The zero-order valence-corrected chi connectivity index (χ0v) is 17.0. The molecule has 0 unspecified atom stereocenters. The minimum atomic E-state index is 0.182. The van der Waals surface area contributed by atoms with E-state index >= 15 is 0 Å². The first kappa shape index (κ1) is 18.6. The number of aromatic nitrogens is 1. The zero-order chi connectivity index (χ0) is 17.8. The lowest BCUT2D eigenvalue weighted by atomic mass is 9.96. The number of thiazole rings is 1. The minimum Gasteiger partial charge on any atom is -0.349 e. The van der Waals surface area contributed by atoms with Crippen molar-refractivity contribution in [1.82, 2.24) is 15.2 Å². The van der Waals surface area contributed by atoms with Gasteiger partial charge < -0.3 is 15.1 Å². The van der Waals surface area contributed by atoms with Crippen LogP contribution >= 0.6 is 22.7 Å². The average molecular weight is 381 g/mol. The Labute approximate surface area is 158 Å². The van der Waals surface area contributed by atoms with Crippen molar-refractivity contribution in [1.29, 1.82) is 0 Å². The third-order valence-electron chi connectivity index (χ3n) is 4.91. The van der Waals surface area contributed by atoms with Gasteiger partial charge in [0, 0.05) is 26.2 Å². The largest absolute Gasteiger partial charge is 0.349 e. The summed E-state index contributed by atoms with van der Waals surface area (Å²) in [7, 11) is 0. The summed E-state index contributed by atoms with van der Waals surface area (Å²) < 4.78 is 1.14. The van der Waals surface area contributed by atoms with Gasteiger partial charge in [-0.25, -0.2) is 4.98 Å². The van der Waals surface area contributed by atoms with Crippen LogP contribution in [0.5, 0.6) is 0 Å². The van der Waals surface area contributed by atoms with E-state index < -0.39 is 0 Å². The number of hydrogen-bond donors (Lipinski definition) is 1. The quantitative estimate of drug-likeness (QED) is 0.796. The van der Waals surface area contributed by atoms with Gasteiger partial charge in [0.25, 0.3) is 5.91 Å². The molecule has 2 aromatic rings. The predicted octanol–water partition coefficient (Wildman–Crippen LogP) is 3.67. The van der Waals surface area contributed by atoms with Gasteiger partial charge in [0.05, 0.1) is 9.58 Å². The molecule has 0 atom stereocenters. The fraction of sp³-hybridized carbons (Fsp3) is 0.667. The van der Waals surface area contributed by atoms with Crippen LogP contribution in [0, 0.1) is 5.92 Å². The molecule has 138 valence electrons. The summed E-state index contributed by atoms with van der Waals surface area (Å²) in [5.41, 5.74) is 0. The van der Waals surface area contributed by atoms with Crippen molar-refractivity contribution in [2.24, 2.45) is 5.92 Å². The van der Waals surface area contributed by atoms with Crippen LogP contribution in [0.15, 0.2) is 6.07 Å². The van der Waals surface area contributed by atoms with E-state index in [-0.39, 0.29) is 5.91 Å². The zero-order valence-electron chi connectivity index (χ0n) is 15.4. The summed E-state index contributed by atoms with van der Waals surface area (Å²) >= 11 is 3.24. The van der Waals surface area contributed by atoms with Gasteiger partial charge in [-0.1, -0.05) is 18.3 Å². The van der Waals surface area contributed by atoms with Crippen LogP contribution in [0.2, 0.25) is 0 Å². The van der Waals surface area contributed by atoms with Crippen molar-refractivity contribution in [3.05, 3.63) is 10.9 Å². The maximum absolute atomic E-state index is 12.8. The van der Waals surface area contributed by atoms with Crippen molar-refractivity contribution in [3.8, 4) is 0 Å². The van der Waals surface area contributed by atoms with Crippen LogP contribution in [0.4, 0.5) is 5.13 Å². The van der Waals surface area contributed by atoms with Gasteiger partial charge in [-0.2, -0.15) is 0 Å². The van der Waals surface area contributed by atoms with E-state index in [1.54, 1.807) is 22.7 Å². The predicted molar refractivity (Wildman–Crippen MR) is 108 cm³/mol. The molecular weight excluding hydrogens is 352 g/mol. The molecule has 1 N–H and O–H groups in total. The Morgan fingerprint density at radius 3 is 2.60 bits per heavy atom. The number of carbonyl (C=O) groups excluding carboxylic acids is 1. The van der Waals surface area contributed by atoms with Gasteiger partial charge >= 0.3 is 0 Å². The molecule has 3 rings (SSSR count). The Balaban J connectivity index is 1.64. The van der Waals surface area contributed by atoms with E-state index in [0.29, 0.717) is 5.92 Å². The number of nitrogens with one attached hydrogen (secondary N) is 1. The van der Waals surface area contributed by atoms with Crippen molar-refractivity contribution in [2.45, 2.75) is 33.6 Å². The highest BCUT2D eigenvalue weighted by atomic mass is 32.1. The molecule has 7 heteroatoms. The molecule has 1 saturated heterocycles. The van der Waals surface area contributed by atoms with E-state index in [1.165, 1.54) is 0 Å². The molecule has 0 saturated carbocycles. The Morgan fingerprint density at radius 1 is 1.28 bits per heavy atom. The van der Waals surface area contributed by atoms with Crippen LogP contribution in [0.25, 0.3) is 9.53 Å². The summed E-state index contributed by atoms with van der Waals surface area (Å²) in [6.07, 6.45) is 2.20. The first-order valence-electron chi connectivity index (χ1n) is 9.31. The maximum atomic E-state index is 12.8. The summed E-state index contributed by atoms with van der Waals surface area (Å²) in [5.74, 6) is 0.885. The van der Waals surface area contributed by atoms with Crippen LogP contribution in [-0.2, 0) is 0 Å². The Kier molecular flexibility index (Phi) is 6.30. The Bertz CT molecular complexity index is 668. The highest BCUT2D eigenvalue weighted by Crippen LogP contribution is 2.35. The van der Waals surface area contributed by atoms with E-state index in [4.69, 9.17) is 4.98 Å². The number of hydrogen-bond acceptors (Lipinski definition) is 6. The van der Waals surface area contributed by atoms with Crippen LogP contribution in [0.3, 0.4) is 0 Å². The fourth-order valence-electron chi connectivity index (χ4n) is 3.30. The SMILES string of the molecule is CCNCC1CCN(C(=O)c2cc3sc(N(CC)CC)nc3s2)CC1. The lowest BCUT2D eigenvalue weighted by Gasteiger charge is -2.31. The molecule has 1 aliphatic rings. The number of carbonyl (C=O) groups is 1. The molecule has 0 bridgehead atoms. The second-order valence-corrected chi connectivity index (χ2v) is 8.53. The molecule has 1 amide bonds. The van der Waals surface area contributed by atoms with Gasteiger partial charge in [-0.15, -0.1) is 11.3 Å². The first-order valence-corrected chi connectivity index (χ1v) is 10.9. The van der Waals surface area contributed by atoms with Gasteiger partial charge in [-0.3, -0.25) is 4.79 Å². The number of thiophene rings is 1. The van der Waals surface area contributed by atoms with Gasteiger partial charge in [0.15, 0.2) is 5.13 Å². The van der Waals surface area contributed by atoms with Gasteiger partial charge in [0.2, 0.25) is 0 Å². The van der Waals surface area contributed by atoms with E-state index in [0.717, 1.165) is 71.6 Å². The van der Waals surface area contributed by atoms with E-state index in [1.807, 2.05) is 11.0 Å². The monoisotopic (exact) mass is 380 g/mol. The van der Waals surface area contributed by atoms with Crippen molar-refractivity contribution in [3.63, 3.8) is 0 Å². The highest BCUT2D eigenvalue weighted by Gasteiger charge is 2.25. The molecule has 0 aliphatic carbocycles. The van der Waals surface area contributed by atoms with Crippen molar-refractivity contribution >= 4 is 43.2 Å². The van der Waals surface area contributed by atoms with Crippen LogP contribution in [0.1, 0.15) is 43.3 Å². The third-order valence-corrected chi connectivity index (χ3v) is 7.12. The number of fused-ring (bicyclic) bond motifs is 1. The second-order valence-electron chi connectivity index (χ2n) is 6.49. The lowest BCUT2D eigenvalue weighted by Crippen LogP contribution is -2.40. The molecule has 2 aromatic heterocycles. The minimum absolute atomic E-state index is 0.182. The van der Waals surface area contributed by atoms with Crippen molar-refractivity contribution < 1.29 is 4.79 Å². The maximum Gasteiger partial charge on any atom is 0.264 e. The molecule has 25 heavy (non-hydrogen) atoms. The molecule has 3 heterocycles. The summed E-state index contributed by atoms with van der Waals surface area (Å²) in [6.45, 7) is 12.2. The van der Waals surface area contributed by atoms with Gasteiger partial charge in [-0.05, 0) is 51.8 Å². The molecule has 1 fully saturated rings. The Morgan fingerprint density at radius 2 is 2.00 bits per heavy atom. The standard InChI is InChI=1S/C18H28N4OS2/c1-4-19-12-13-7-9-22(10-8-13)17(23)15-11-14-16(24-15)20-18(25-14)21(5-2)6-3/h11,13,19H,4-10,12H2,1-3H3. The normalized spacial score (nSPS) is 15.9. The summed E-state index contributed by atoms with van der Waals surface area (Å²) in [5, 5.41) is 4.48. The molecule has 5 nitrogen and oxygen atoms in total. The van der Waals surface area contributed by atoms with Crippen LogP contribution in [-0.4, -0.2) is 55.1 Å². The number of anilines is 1. The van der Waals surface area contributed by atoms with E-state index in [2.05, 4.69) is 31.0 Å². The molecule has 0 aromatic carbocycles. The first-order chi connectivity index (χ1) is 12.2. The number of piperidine rings is 1. The molecule has 0 spiro atoms. The average Bonchev–Trinajstić information content (AvgIpc) is 3.20. The van der Waals surface area contributed by atoms with Crippen molar-refractivity contribution in [2.75, 3.05) is 44.2 Å². The van der Waals surface area contributed by atoms with E-state index in [9.17, 15) is 4.79 Å². The number of nitrogens with zero attached hydrogens (tertiary/aromatic N) is 3. The molecule has 0 radical (unpaired) electrons. The summed E-state index contributed by atoms with van der Waals surface area (Å²) in [6, 6.07) is 2.04. The number of rotatable bonds is 7. The molecular formula is C18H28N4OS2. The van der Waals surface area contributed by atoms with Crippen LogP contribution < -0.4 is 10.2 Å². The Hall–Kier alpha value is -1.18. The third kappa shape index (κ3) is 4.15. The fourth-order valence-corrected chi connectivity index (χ4v) is 5.61. The highest BCUT2D eigenvalue weighted by molar-refractivity contribution is 7.29. The topological polar surface area (TPSA) is 48.5 Å². The summed E-state index contributed by atoms with van der Waals surface area (Å²) in [4.78, 5) is 23.6. The smallest absolute Gasteiger partial charge is 0.264 e. The second kappa shape index (κ2) is 8.47. The van der Waals surface area contributed by atoms with Gasteiger partial charge in [0.1, 0.15) is 4.83 Å². The number of amides is 1. The lowest BCUT2D eigenvalue weighted by molar-refractivity contribution is 0.0695. The molecule has 1 aliphatic heterocycles. The number of likely N-dealkylation sites (tertiary alicyclic amines) is 1.